The Morgan fingerprint density at radius 3 is 3.06 bits per heavy atom. The number of aromatic nitrogens is 1. The molecule has 1 aromatic heterocycles. The number of carboxylic acid groups (broad SMARTS) is 1. The van der Waals surface area contributed by atoms with Crippen LogP contribution in [-0.4, -0.2) is 41.2 Å². The number of nitrogens with zero attached hydrogens (tertiary/aromatic N) is 1. The van der Waals surface area contributed by atoms with Crippen LogP contribution in [0.5, 0.6) is 0 Å². The fourth-order valence-electron chi connectivity index (χ4n) is 1.71. The summed E-state index contributed by atoms with van der Waals surface area (Å²) in [5.74, 6) is -1.12. The van der Waals surface area contributed by atoms with Crippen LogP contribution < -0.4 is 5.32 Å². The second-order valence-electron chi connectivity index (χ2n) is 3.97. The number of carbonyl (C=O) groups excluding carboxylic acids is 1. The minimum atomic E-state index is -1.03. The molecule has 0 aliphatic carbocycles. The van der Waals surface area contributed by atoms with Crippen LogP contribution in [0.3, 0.4) is 0 Å². The molecule has 0 spiro atoms. The zero-order chi connectivity index (χ0) is 13.0. The van der Waals surface area contributed by atoms with Gasteiger partial charge in [0.05, 0.1) is 5.01 Å². The van der Waals surface area contributed by atoms with E-state index in [1.165, 1.54) is 16.7 Å². The number of thiazole rings is 1. The van der Waals surface area contributed by atoms with E-state index in [4.69, 9.17) is 9.84 Å². The van der Waals surface area contributed by atoms with Gasteiger partial charge >= 0.3 is 5.97 Å². The zero-order valence-electron chi connectivity index (χ0n) is 9.72. The molecule has 2 heterocycles. The van der Waals surface area contributed by atoms with Gasteiger partial charge in [0, 0.05) is 25.0 Å². The summed E-state index contributed by atoms with van der Waals surface area (Å²) < 4.78 is 5.25. The molecular formula is C11H14N2O4S. The highest BCUT2D eigenvalue weighted by molar-refractivity contribution is 7.09. The summed E-state index contributed by atoms with van der Waals surface area (Å²) in [7, 11) is 0. The topological polar surface area (TPSA) is 88.5 Å². The molecule has 0 saturated carbocycles. The van der Waals surface area contributed by atoms with Crippen molar-refractivity contribution in [3.05, 3.63) is 16.1 Å². The molecule has 7 heteroatoms. The Hall–Kier alpha value is -1.47. The molecule has 1 amide bonds. The first-order chi connectivity index (χ1) is 8.66. The number of nitrogens with one attached hydrogen (secondary N) is 1. The molecule has 6 nitrogen and oxygen atoms in total. The smallest absolute Gasteiger partial charge is 0.355 e. The molecule has 1 aliphatic rings. The van der Waals surface area contributed by atoms with Crippen LogP contribution >= 0.6 is 11.3 Å². The first kappa shape index (κ1) is 13.0. The maximum Gasteiger partial charge on any atom is 0.355 e. The van der Waals surface area contributed by atoms with Crippen molar-refractivity contribution in [1.82, 2.24) is 10.3 Å². The highest BCUT2D eigenvalue weighted by Crippen LogP contribution is 2.12. The fourth-order valence-corrected chi connectivity index (χ4v) is 2.49. The molecule has 2 rings (SSSR count). The molecule has 18 heavy (non-hydrogen) atoms. The van der Waals surface area contributed by atoms with Crippen LogP contribution in [0.4, 0.5) is 0 Å². The maximum absolute atomic E-state index is 11.6. The number of hydrogen-bond donors (Lipinski definition) is 2. The van der Waals surface area contributed by atoms with Crippen LogP contribution in [0.1, 0.15) is 28.3 Å². The van der Waals surface area contributed by atoms with Crippen molar-refractivity contribution in [3.63, 3.8) is 0 Å². The molecule has 0 bridgehead atoms. The number of aromatic carboxylic acids is 1. The quantitative estimate of drug-likeness (QED) is 0.821. The standard InChI is InChI=1S/C11H14N2O4S/c14-10(8-2-1-5-17-8)12-4-3-9-13-7(6-18-9)11(15)16/h6,8H,1-5H2,(H,12,14)(H,15,16)/t8-/m0/s1. The van der Waals surface area contributed by atoms with E-state index >= 15 is 0 Å². The van der Waals surface area contributed by atoms with Crippen molar-refractivity contribution in [2.75, 3.05) is 13.2 Å². The summed E-state index contributed by atoms with van der Waals surface area (Å²) >= 11 is 1.29. The van der Waals surface area contributed by atoms with Crippen molar-refractivity contribution in [3.8, 4) is 0 Å². The molecule has 1 atom stereocenters. The Balaban J connectivity index is 1.74. The van der Waals surface area contributed by atoms with E-state index in [0.29, 0.717) is 24.6 Å². The van der Waals surface area contributed by atoms with E-state index in [-0.39, 0.29) is 17.7 Å². The van der Waals surface area contributed by atoms with Crippen LogP contribution in [0.15, 0.2) is 5.38 Å². The third-order valence-corrected chi connectivity index (χ3v) is 3.54. The summed E-state index contributed by atoms with van der Waals surface area (Å²) in [6.07, 6.45) is 1.91. The van der Waals surface area contributed by atoms with Gasteiger partial charge in [0.1, 0.15) is 6.10 Å². The summed E-state index contributed by atoms with van der Waals surface area (Å²) in [6.45, 7) is 1.10. The minimum absolute atomic E-state index is 0.0560. The number of ether oxygens (including phenoxy) is 1. The highest BCUT2D eigenvalue weighted by Gasteiger charge is 2.22. The van der Waals surface area contributed by atoms with Gasteiger partial charge in [-0.2, -0.15) is 0 Å². The van der Waals surface area contributed by atoms with Crippen molar-refractivity contribution in [2.45, 2.75) is 25.4 Å². The Bertz CT molecular complexity index is 440. The van der Waals surface area contributed by atoms with Gasteiger partial charge in [0.2, 0.25) is 5.91 Å². The van der Waals surface area contributed by atoms with Crippen LogP contribution in [0, 0.1) is 0 Å². The predicted molar refractivity (Wildman–Crippen MR) is 64.8 cm³/mol. The summed E-state index contributed by atoms with van der Waals surface area (Å²) in [5, 5.41) is 13.7. The maximum atomic E-state index is 11.6. The lowest BCUT2D eigenvalue weighted by Crippen LogP contribution is -2.35. The molecule has 1 aliphatic heterocycles. The van der Waals surface area contributed by atoms with E-state index < -0.39 is 5.97 Å². The van der Waals surface area contributed by atoms with Crippen molar-refractivity contribution >= 4 is 23.2 Å². The average molecular weight is 270 g/mol. The Labute approximate surface area is 108 Å². The van der Waals surface area contributed by atoms with Crippen molar-refractivity contribution < 1.29 is 19.4 Å². The molecule has 0 radical (unpaired) electrons. The van der Waals surface area contributed by atoms with Gasteiger partial charge in [-0.3, -0.25) is 4.79 Å². The SMILES string of the molecule is O=C(O)c1csc(CCNC(=O)[C@@H]2CCCO2)n1. The number of hydrogen-bond acceptors (Lipinski definition) is 5. The number of amides is 1. The Morgan fingerprint density at radius 1 is 1.61 bits per heavy atom. The largest absolute Gasteiger partial charge is 0.476 e. The van der Waals surface area contributed by atoms with Gasteiger partial charge in [-0.25, -0.2) is 9.78 Å². The van der Waals surface area contributed by atoms with Gasteiger partial charge in [-0.05, 0) is 12.8 Å². The summed E-state index contributed by atoms with van der Waals surface area (Å²) in [6, 6.07) is 0. The van der Waals surface area contributed by atoms with E-state index in [0.717, 1.165) is 12.8 Å². The number of carbonyl (C=O) groups is 2. The molecule has 1 saturated heterocycles. The average Bonchev–Trinajstić information content (AvgIpc) is 3.00. The molecular weight excluding hydrogens is 256 g/mol. The normalized spacial score (nSPS) is 18.8. The first-order valence-electron chi connectivity index (χ1n) is 5.74. The van der Waals surface area contributed by atoms with E-state index in [9.17, 15) is 9.59 Å². The second-order valence-corrected chi connectivity index (χ2v) is 4.92. The molecule has 1 aromatic rings. The lowest BCUT2D eigenvalue weighted by Gasteiger charge is -2.09. The van der Waals surface area contributed by atoms with Gasteiger partial charge in [-0.15, -0.1) is 11.3 Å². The predicted octanol–water partition coefficient (Wildman–Crippen LogP) is 0.679. The number of rotatable bonds is 5. The van der Waals surface area contributed by atoms with Gasteiger partial charge < -0.3 is 15.2 Å². The Morgan fingerprint density at radius 2 is 2.44 bits per heavy atom. The summed E-state index contributed by atoms with van der Waals surface area (Å²) in [5.41, 5.74) is 0.0560. The van der Waals surface area contributed by atoms with Crippen LogP contribution in [0.25, 0.3) is 0 Å². The monoisotopic (exact) mass is 270 g/mol. The van der Waals surface area contributed by atoms with Crippen molar-refractivity contribution in [2.24, 2.45) is 0 Å². The van der Waals surface area contributed by atoms with E-state index in [2.05, 4.69) is 10.3 Å². The Kier molecular flexibility index (Phi) is 4.27. The van der Waals surface area contributed by atoms with E-state index in [1.54, 1.807) is 0 Å². The fraction of sp³-hybridized carbons (Fsp3) is 0.545. The van der Waals surface area contributed by atoms with Gasteiger partial charge in [-0.1, -0.05) is 0 Å². The van der Waals surface area contributed by atoms with Crippen molar-refractivity contribution in [1.29, 1.82) is 0 Å². The molecule has 0 aromatic carbocycles. The highest BCUT2D eigenvalue weighted by atomic mass is 32.1. The van der Waals surface area contributed by atoms with Crippen LogP contribution in [-0.2, 0) is 16.0 Å². The zero-order valence-corrected chi connectivity index (χ0v) is 10.5. The number of carboxylic acids is 1. The third kappa shape index (κ3) is 3.27. The van der Waals surface area contributed by atoms with E-state index in [1.807, 2.05) is 0 Å². The van der Waals surface area contributed by atoms with Gasteiger partial charge in [0.15, 0.2) is 5.69 Å². The lowest BCUT2D eigenvalue weighted by atomic mass is 10.2. The lowest BCUT2D eigenvalue weighted by molar-refractivity contribution is -0.129. The summed E-state index contributed by atoms with van der Waals surface area (Å²) in [4.78, 5) is 26.2. The van der Waals surface area contributed by atoms with Gasteiger partial charge in [0.25, 0.3) is 0 Å². The minimum Gasteiger partial charge on any atom is -0.476 e. The first-order valence-corrected chi connectivity index (χ1v) is 6.62. The molecule has 2 N–H and O–H groups in total. The molecule has 98 valence electrons. The second kappa shape index (κ2) is 5.92. The third-order valence-electron chi connectivity index (χ3n) is 2.63. The molecule has 1 fully saturated rings. The van der Waals surface area contributed by atoms with Crippen LogP contribution in [0.2, 0.25) is 0 Å². The molecule has 0 unspecified atom stereocenters.